The molecule has 0 amide bonds. The summed E-state index contributed by atoms with van der Waals surface area (Å²) in [5, 5.41) is 3.31. The lowest BCUT2D eigenvalue weighted by molar-refractivity contribution is -0.133. The monoisotopic (exact) mass is 265 g/mol. The van der Waals surface area contributed by atoms with Gasteiger partial charge in [-0.25, -0.2) is 8.42 Å². The summed E-state index contributed by atoms with van der Waals surface area (Å²) in [5.74, 6) is 0.581. The standard InChI is InChI=1S/C11H23NO4S/c1-3-15-11(16-4-2)9-12-10-5-7-17(13,14)8-6-10/h10-12H,3-9H2,1-2H3. The van der Waals surface area contributed by atoms with Crippen molar-refractivity contribution in [2.75, 3.05) is 31.3 Å². The SMILES string of the molecule is CCOC(CNC1CCS(=O)(=O)CC1)OCC. The quantitative estimate of drug-likeness (QED) is 0.681. The van der Waals surface area contributed by atoms with E-state index in [1.165, 1.54) is 0 Å². The third-order valence-corrected chi connectivity index (χ3v) is 4.55. The molecular formula is C11H23NO4S. The van der Waals surface area contributed by atoms with E-state index in [-0.39, 0.29) is 12.3 Å². The van der Waals surface area contributed by atoms with Crippen LogP contribution in [0.25, 0.3) is 0 Å². The molecule has 102 valence electrons. The number of rotatable bonds is 7. The first-order valence-electron chi connectivity index (χ1n) is 6.24. The summed E-state index contributed by atoms with van der Waals surface area (Å²) in [4.78, 5) is 0. The maximum Gasteiger partial charge on any atom is 0.169 e. The van der Waals surface area contributed by atoms with Crippen LogP contribution in [0.3, 0.4) is 0 Å². The Labute approximate surface area is 104 Å². The molecule has 1 rings (SSSR count). The molecule has 17 heavy (non-hydrogen) atoms. The van der Waals surface area contributed by atoms with Gasteiger partial charge >= 0.3 is 0 Å². The summed E-state index contributed by atoms with van der Waals surface area (Å²) in [6, 6.07) is 0.266. The van der Waals surface area contributed by atoms with E-state index in [1.54, 1.807) is 0 Å². The zero-order valence-corrected chi connectivity index (χ0v) is 11.5. The first-order chi connectivity index (χ1) is 8.07. The van der Waals surface area contributed by atoms with Crippen LogP contribution in [-0.2, 0) is 19.3 Å². The van der Waals surface area contributed by atoms with Crippen molar-refractivity contribution < 1.29 is 17.9 Å². The number of ether oxygens (including phenoxy) is 2. The average molecular weight is 265 g/mol. The average Bonchev–Trinajstić information content (AvgIpc) is 2.28. The molecule has 0 atom stereocenters. The predicted molar refractivity (Wildman–Crippen MR) is 66.7 cm³/mol. The molecular weight excluding hydrogens is 242 g/mol. The topological polar surface area (TPSA) is 64.6 Å². The highest BCUT2D eigenvalue weighted by atomic mass is 32.2. The molecule has 1 N–H and O–H groups in total. The Morgan fingerprint density at radius 1 is 1.18 bits per heavy atom. The minimum absolute atomic E-state index is 0.233. The Balaban J connectivity index is 2.25. The number of hydrogen-bond donors (Lipinski definition) is 1. The Bertz CT molecular complexity index is 285. The molecule has 1 fully saturated rings. The fourth-order valence-electron chi connectivity index (χ4n) is 1.89. The summed E-state index contributed by atoms with van der Waals surface area (Å²) in [6.07, 6.45) is 1.14. The van der Waals surface area contributed by atoms with E-state index in [1.807, 2.05) is 13.8 Å². The van der Waals surface area contributed by atoms with Gasteiger partial charge in [0, 0.05) is 25.8 Å². The van der Waals surface area contributed by atoms with Crippen LogP contribution in [-0.4, -0.2) is 52.0 Å². The molecule has 0 saturated carbocycles. The van der Waals surface area contributed by atoms with Gasteiger partial charge in [0.05, 0.1) is 11.5 Å². The van der Waals surface area contributed by atoms with E-state index in [9.17, 15) is 8.42 Å². The lowest BCUT2D eigenvalue weighted by atomic mass is 10.1. The number of hydrogen-bond acceptors (Lipinski definition) is 5. The van der Waals surface area contributed by atoms with Gasteiger partial charge in [-0.05, 0) is 26.7 Å². The van der Waals surface area contributed by atoms with E-state index in [2.05, 4.69) is 5.32 Å². The van der Waals surface area contributed by atoms with Crippen LogP contribution in [0.15, 0.2) is 0 Å². The lowest BCUT2D eigenvalue weighted by Crippen LogP contribution is -2.42. The summed E-state index contributed by atoms with van der Waals surface area (Å²) >= 11 is 0. The Morgan fingerprint density at radius 3 is 2.18 bits per heavy atom. The van der Waals surface area contributed by atoms with Crippen molar-refractivity contribution in [2.45, 2.75) is 39.0 Å². The Hall–Kier alpha value is -0.170. The van der Waals surface area contributed by atoms with Crippen molar-refractivity contribution in [2.24, 2.45) is 0 Å². The molecule has 6 heteroatoms. The summed E-state index contributed by atoms with van der Waals surface area (Å²) in [5.41, 5.74) is 0. The molecule has 5 nitrogen and oxygen atoms in total. The van der Waals surface area contributed by atoms with Crippen LogP contribution in [0.5, 0.6) is 0 Å². The molecule has 0 spiro atoms. The van der Waals surface area contributed by atoms with Gasteiger partial charge in [-0.3, -0.25) is 0 Å². The third kappa shape index (κ3) is 5.81. The fraction of sp³-hybridized carbons (Fsp3) is 1.00. The van der Waals surface area contributed by atoms with Crippen molar-refractivity contribution in [3.63, 3.8) is 0 Å². The lowest BCUT2D eigenvalue weighted by Gasteiger charge is -2.25. The van der Waals surface area contributed by atoms with Gasteiger partial charge in [-0.15, -0.1) is 0 Å². The molecule has 1 heterocycles. The van der Waals surface area contributed by atoms with Gasteiger partial charge in [-0.2, -0.15) is 0 Å². The zero-order chi connectivity index (χ0) is 12.7. The number of sulfone groups is 1. The van der Waals surface area contributed by atoms with Crippen molar-refractivity contribution >= 4 is 9.84 Å². The highest BCUT2D eigenvalue weighted by Crippen LogP contribution is 2.12. The second-order valence-electron chi connectivity index (χ2n) is 4.17. The first kappa shape index (κ1) is 14.9. The fourth-order valence-corrected chi connectivity index (χ4v) is 3.39. The molecule has 1 aliphatic rings. The van der Waals surface area contributed by atoms with E-state index < -0.39 is 9.84 Å². The second kappa shape index (κ2) is 7.31. The zero-order valence-electron chi connectivity index (χ0n) is 10.6. The van der Waals surface area contributed by atoms with Gasteiger partial charge in [-0.1, -0.05) is 0 Å². The van der Waals surface area contributed by atoms with E-state index in [0.717, 1.165) is 0 Å². The van der Waals surface area contributed by atoms with Crippen molar-refractivity contribution in [3.05, 3.63) is 0 Å². The van der Waals surface area contributed by atoms with Gasteiger partial charge < -0.3 is 14.8 Å². The van der Waals surface area contributed by atoms with Crippen molar-refractivity contribution in [3.8, 4) is 0 Å². The summed E-state index contributed by atoms with van der Waals surface area (Å²) in [6.45, 7) is 5.71. The smallest absolute Gasteiger partial charge is 0.169 e. The molecule has 0 unspecified atom stereocenters. The molecule has 0 aromatic rings. The number of nitrogens with one attached hydrogen (secondary N) is 1. The minimum atomic E-state index is -2.78. The second-order valence-corrected chi connectivity index (χ2v) is 6.48. The normalized spacial score (nSPS) is 20.9. The summed E-state index contributed by atoms with van der Waals surface area (Å²) < 4.78 is 33.3. The van der Waals surface area contributed by atoms with Gasteiger partial charge in [0.25, 0.3) is 0 Å². The van der Waals surface area contributed by atoms with Crippen LogP contribution < -0.4 is 5.32 Å². The Kier molecular flexibility index (Phi) is 6.40. The molecule has 0 radical (unpaired) electrons. The van der Waals surface area contributed by atoms with Crippen LogP contribution in [0.2, 0.25) is 0 Å². The molecule has 0 bridgehead atoms. The van der Waals surface area contributed by atoms with Crippen molar-refractivity contribution in [1.29, 1.82) is 0 Å². The minimum Gasteiger partial charge on any atom is -0.352 e. The molecule has 1 saturated heterocycles. The van der Waals surface area contributed by atoms with Gasteiger partial charge in [0.2, 0.25) is 0 Å². The molecule has 0 aliphatic carbocycles. The highest BCUT2D eigenvalue weighted by molar-refractivity contribution is 7.91. The maximum absolute atomic E-state index is 11.3. The molecule has 0 aromatic heterocycles. The highest BCUT2D eigenvalue weighted by Gasteiger charge is 2.23. The van der Waals surface area contributed by atoms with Crippen LogP contribution in [0, 0.1) is 0 Å². The van der Waals surface area contributed by atoms with Crippen LogP contribution in [0.4, 0.5) is 0 Å². The first-order valence-corrected chi connectivity index (χ1v) is 8.06. The maximum atomic E-state index is 11.3. The molecule has 0 aromatic carbocycles. The van der Waals surface area contributed by atoms with E-state index in [4.69, 9.17) is 9.47 Å². The Morgan fingerprint density at radius 2 is 1.71 bits per heavy atom. The summed E-state index contributed by atoms with van der Waals surface area (Å²) in [7, 11) is -2.78. The predicted octanol–water partition coefficient (Wildman–Crippen LogP) is 0.552. The van der Waals surface area contributed by atoms with E-state index >= 15 is 0 Å². The van der Waals surface area contributed by atoms with Crippen molar-refractivity contribution in [1.82, 2.24) is 5.32 Å². The van der Waals surface area contributed by atoms with Crippen LogP contribution in [0.1, 0.15) is 26.7 Å². The van der Waals surface area contributed by atoms with Gasteiger partial charge in [0.15, 0.2) is 6.29 Å². The van der Waals surface area contributed by atoms with Gasteiger partial charge in [0.1, 0.15) is 9.84 Å². The third-order valence-electron chi connectivity index (χ3n) is 2.83. The van der Waals surface area contributed by atoms with Crippen LogP contribution >= 0.6 is 0 Å². The van der Waals surface area contributed by atoms with E-state index in [0.29, 0.717) is 44.1 Å². The molecule has 1 aliphatic heterocycles. The largest absolute Gasteiger partial charge is 0.352 e.